The zero-order chi connectivity index (χ0) is 13.7. The van der Waals surface area contributed by atoms with Crippen molar-refractivity contribution in [2.75, 3.05) is 26.2 Å². The topological polar surface area (TPSA) is 49.8 Å². The maximum Gasteiger partial charge on any atom is 0.317 e. The molecule has 0 saturated heterocycles. The Morgan fingerprint density at radius 3 is 3.00 bits per heavy atom. The Bertz CT molecular complexity index is 433. The molecule has 19 heavy (non-hydrogen) atoms. The lowest BCUT2D eigenvalue weighted by Gasteiger charge is -2.30. The molecule has 0 spiro atoms. The van der Waals surface area contributed by atoms with Gasteiger partial charge in [0.15, 0.2) is 0 Å². The highest BCUT2D eigenvalue weighted by molar-refractivity contribution is 5.69. The minimum absolute atomic E-state index is 0.00384. The van der Waals surface area contributed by atoms with E-state index in [9.17, 15) is 4.79 Å². The summed E-state index contributed by atoms with van der Waals surface area (Å²) < 4.78 is 5.83. The Morgan fingerprint density at radius 2 is 2.26 bits per heavy atom. The Labute approximate surface area is 114 Å². The van der Waals surface area contributed by atoms with E-state index < -0.39 is 5.97 Å². The van der Waals surface area contributed by atoms with Gasteiger partial charge in [-0.1, -0.05) is 31.2 Å². The monoisotopic (exact) mass is 263 g/mol. The number of hydrogen-bond acceptors (Lipinski definition) is 3. The van der Waals surface area contributed by atoms with Gasteiger partial charge in [0.2, 0.25) is 0 Å². The van der Waals surface area contributed by atoms with Crippen molar-refractivity contribution < 1.29 is 14.6 Å². The van der Waals surface area contributed by atoms with Crippen molar-refractivity contribution in [3.05, 3.63) is 35.4 Å². The van der Waals surface area contributed by atoms with E-state index in [4.69, 9.17) is 9.84 Å². The third kappa shape index (κ3) is 3.78. The van der Waals surface area contributed by atoms with Crippen LogP contribution in [0.15, 0.2) is 24.3 Å². The third-order valence-electron chi connectivity index (χ3n) is 3.42. The fourth-order valence-electron chi connectivity index (χ4n) is 2.60. The van der Waals surface area contributed by atoms with Crippen LogP contribution in [0.5, 0.6) is 0 Å². The van der Waals surface area contributed by atoms with Gasteiger partial charge in [-0.3, -0.25) is 9.69 Å². The second-order valence-corrected chi connectivity index (χ2v) is 4.94. The molecule has 1 aliphatic rings. The van der Waals surface area contributed by atoms with Crippen LogP contribution in [0.2, 0.25) is 0 Å². The van der Waals surface area contributed by atoms with Crippen LogP contribution in [0.1, 0.15) is 30.6 Å². The van der Waals surface area contributed by atoms with Gasteiger partial charge in [-0.15, -0.1) is 0 Å². The van der Waals surface area contributed by atoms with Crippen LogP contribution in [-0.4, -0.2) is 42.2 Å². The van der Waals surface area contributed by atoms with Crippen LogP contribution in [0.25, 0.3) is 0 Å². The molecule has 0 fully saturated rings. The highest BCUT2D eigenvalue weighted by Crippen LogP contribution is 2.27. The zero-order valence-corrected chi connectivity index (χ0v) is 11.3. The van der Waals surface area contributed by atoms with Gasteiger partial charge in [0, 0.05) is 6.54 Å². The molecule has 4 heteroatoms. The largest absolute Gasteiger partial charge is 0.480 e. The average molecular weight is 263 g/mol. The van der Waals surface area contributed by atoms with Gasteiger partial charge in [0.1, 0.15) is 0 Å². The Morgan fingerprint density at radius 1 is 1.47 bits per heavy atom. The van der Waals surface area contributed by atoms with E-state index in [0.717, 1.165) is 19.4 Å². The number of hydrogen-bond donors (Lipinski definition) is 1. The molecule has 1 aromatic rings. The fourth-order valence-corrected chi connectivity index (χ4v) is 2.60. The lowest BCUT2D eigenvalue weighted by Crippen LogP contribution is -2.36. The van der Waals surface area contributed by atoms with Crippen molar-refractivity contribution in [2.24, 2.45) is 0 Å². The molecule has 1 unspecified atom stereocenters. The predicted octanol–water partition coefficient (Wildman–Crippen LogP) is 2.10. The molecule has 1 N–H and O–H groups in total. The second kappa shape index (κ2) is 6.68. The molecule has 1 aromatic carbocycles. The highest BCUT2D eigenvalue weighted by Gasteiger charge is 2.23. The van der Waals surface area contributed by atoms with Crippen molar-refractivity contribution in [2.45, 2.75) is 25.9 Å². The van der Waals surface area contributed by atoms with Crippen molar-refractivity contribution >= 4 is 5.97 Å². The third-order valence-corrected chi connectivity index (χ3v) is 3.42. The summed E-state index contributed by atoms with van der Waals surface area (Å²) in [4.78, 5) is 12.8. The van der Waals surface area contributed by atoms with E-state index >= 15 is 0 Å². The molecule has 4 nitrogen and oxygen atoms in total. The quantitative estimate of drug-likeness (QED) is 0.854. The summed E-state index contributed by atoms with van der Waals surface area (Å²) in [5.74, 6) is -0.780. The molecule has 104 valence electrons. The summed E-state index contributed by atoms with van der Waals surface area (Å²) in [5.41, 5.74) is 2.53. The SMILES string of the molecule is CCCN(CC(=O)O)CC1OCCc2ccccc21. The number of carbonyl (C=O) groups is 1. The standard InChI is InChI=1S/C15H21NO3/c1-2-8-16(11-15(17)18)10-14-13-6-4-3-5-12(13)7-9-19-14/h3-6,14H,2,7-11H2,1H3,(H,17,18). The van der Waals surface area contributed by atoms with Gasteiger partial charge in [0.25, 0.3) is 0 Å². The summed E-state index contributed by atoms with van der Waals surface area (Å²) in [6, 6.07) is 8.28. The highest BCUT2D eigenvalue weighted by atomic mass is 16.5. The van der Waals surface area contributed by atoms with E-state index in [-0.39, 0.29) is 12.6 Å². The number of benzene rings is 1. The van der Waals surface area contributed by atoms with Crippen molar-refractivity contribution in [1.29, 1.82) is 0 Å². The van der Waals surface area contributed by atoms with Crippen molar-refractivity contribution in [3.63, 3.8) is 0 Å². The van der Waals surface area contributed by atoms with Gasteiger partial charge in [0.05, 0.1) is 19.3 Å². The summed E-state index contributed by atoms with van der Waals surface area (Å²) >= 11 is 0. The first-order valence-electron chi connectivity index (χ1n) is 6.84. The number of nitrogens with zero attached hydrogens (tertiary/aromatic N) is 1. The molecular weight excluding hydrogens is 242 g/mol. The van der Waals surface area contributed by atoms with Crippen molar-refractivity contribution in [1.82, 2.24) is 4.90 Å². The van der Waals surface area contributed by atoms with Gasteiger partial charge in [-0.05, 0) is 30.5 Å². The maximum atomic E-state index is 10.9. The summed E-state index contributed by atoms with van der Waals surface area (Å²) in [6.45, 7) is 4.29. The zero-order valence-electron chi connectivity index (χ0n) is 11.3. The first-order valence-corrected chi connectivity index (χ1v) is 6.84. The number of fused-ring (bicyclic) bond motifs is 1. The van der Waals surface area contributed by atoms with Gasteiger partial charge in [-0.25, -0.2) is 0 Å². The normalized spacial score (nSPS) is 18.3. The lowest BCUT2D eigenvalue weighted by atomic mass is 9.97. The van der Waals surface area contributed by atoms with E-state index in [2.05, 4.69) is 19.1 Å². The van der Waals surface area contributed by atoms with Crippen LogP contribution in [-0.2, 0) is 16.0 Å². The van der Waals surface area contributed by atoms with E-state index in [1.54, 1.807) is 0 Å². The molecule has 0 amide bonds. The van der Waals surface area contributed by atoms with E-state index in [1.165, 1.54) is 11.1 Å². The van der Waals surface area contributed by atoms with Crippen molar-refractivity contribution in [3.8, 4) is 0 Å². The molecule has 0 aromatic heterocycles. The molecule has 0 saturated carbocycles. The van der Waals surface area contributed by atoms with Crippen LogP contribution < -0.4 is 0 Å². The van der Waals surface area contributed by atoms with Crippen LogP contribution in [0, 0.1) is 0 Å². The summed E-state index contributed by atoms with van der Waals surface area (Å²) in [6.07, 6.45) is 1.89. The molecule has 2 rings (SSSR count). The van der Waals surface area contributed by atoms with Crippen LogP contribution >= 0.6 is 0 Å². The molecule has 1 heterocycles. The number of aliphatic carboxylic acids is 1. The number of carboxylic acids is 1. The van der Waals surface area contributed by atoms with Crippen LogP contribution in [0.4, 0.5) is 0 Å². The maximum absolute atomic E-state index is 10.9. The minimum Gasteiger partial charge on any atom is -0.480 e. The molecule has 0 aliphatic carbocycles. The first-order chi connectivity index (χ1) is 9.20. The first kappa shape index (κ1) is 14.0. The predicted molar refractivity (Wildman–Crippen MR) is 73.2 cm³/mol. The minimum atomic E-state index is -0.780. The average Bonchev–Trinajstić information content (AvgIpc) is 2.39. The molecule has 0 radical (unpaired) electrons. The Hall–Kier alpha value is -1.39. The van der Waals surface area contributed by atoms with Gasteiger partial charge < -0.3 is 9.84 Å². The molecule has 0 bridgehead atoms. The molecule has 1 atom stereocenters. The van der Waals surface area contributed by atoms with E-state index in [0.29, 0.717) is 13.2 Å². The van der Waals surface area contributed by atoms with Gasteiger partial charge in [-0.2, -0.15) is 0 Å². The van der Waals surface area contributed by atoms with Crippen LogP contribution in [0.3, 0.4) is 0 Å². The lowest BCUT2D eigenvalue weighted by molar-refractivity contribution is -0.138. The second-order valence-electron chi connectivity index (χ2n) is 4.94. The summed E-state index contributed by atoms with van der Waals surface area (Å²) in [7, 11) is 0. The smallest absolute Gasteiger partial charge is 0.317 e. The Kier molecular flexibility index (Phi) is 4.93. The molecular formula is C15H21NO3. The fraction of sp³-hybridized carbons (Fsp3) is 0.533. The number of carboxylic acid groups (broad SMARTS) is 1. The van der Waals surface area contributed by atoms with Gasteiger partial charge >= 0.3 is 5.97 Å². The molecule has 1 aliphatic heterocycles. The number of ether oxygens (including phenoxy) is 1. The van der Waals surface area contributed by atoms with E-state index in [1.807, 2.05) is 17.0 Å². The Balaban J connectivity index is 2.07. The summed E-state index contributed by atoms with van der Waals surface area (Å²) in [5, 5.41) is 8.95. The number of rotatable bonds is 6.